The summed E-state index contributed by atoms with van der Waals surface area (Å²) in [6.07, 6.45) is 0.760. The summed E-state index contributed by atoms with van der Waals surface area (Å²) in [6.45, 7) is 4.52. The maximum Gasteiger partial charge on any atom is 0.324 e. The molecule has 5 heteroatoms. The zero-order valence-corrected chi connectivity index (χ0v) is 8.62. The van der Waals surface area contributed by atoms with Gasteiger partial charge in [0.1, 0.15) is 0 Å². The van der Waals surface area contributed by atoms with Crippen LogP contribution in [0, 0.1) is 5.92 Å². The molecule has 0 radical (unpaired) electrons. The van der Waals surface area contributed by atoms with Crippen molar-refractivity contribution in [3.05, 3.63) is 0 Å². The molecule has 0 spiro atoms. The normalized spacial score (nSPS) is 19.0. The van der Waals surface area contributed by atoms with Crippen LogP contribution in [-0.4, -0.2) is 36.0 Å². The highest BCUT2D eigenvalue weighted by Crippen LogP contribution is 2.13. The second-order valence-corrected chi connectivity index (χ2v) is 3.94. The van der Waals surface area contributed by atoms with E-state index in [1.807, 2.05) is 13.8 Å². The third-order valence-corrected chi connectivity index (χ3v) is 2.26. The van der Waals surface area contributed by atoms with Crippen LogP contribution in [0.15, 0.2) is 0 Å². The highest BCUT2D eigenvalue weighted by Gasteiger charge is 2.34. The van der Waals surface area contributed by atoms with Crippen LogP contribution in [0.4, 0.5) is 4.79 Å². The van der Waals surface area contributed by atoms with Gasteiger partial charge in [0.25, 0.3) is 0 Å². The van der Waals surface area contributed by atoms with Gasteiger partial charge in [0.15, 0.2) is 0 Å². The molecule has 1 aliphatic rings. The van der Waals surface area contributed by atoms with E-state index in [4.69, 9.17) is 5.73 Å². The van der Waals surface area contributed by atoms with Gasteiger partial charge in [-0.05, 0) is 12.3 Å². The van der Waals surface area contributed by atoms with Crippen LogP contribution in [0.25, 0.3) is 0 Å². The zero-order valence-electron chi connectivity index (χ0n) is 8.62. The highest BCUT2D eigenvalue weighted by molar-refractivity contribution is 6.02. The fourth-order valence-corrected chi connectivity index (χ4v) is 1.66. The lowest BCUT2D eigenvalue weighted by atomic mass is 10.0. The van der Waals surface area contributed by atoms with Gasteiger partial charge in [-0.15, -0.1) is 0 Å². The molecule has 3 amide bonds. The van der Waals surface area contributed by atoms with Crippen molar-refractivity contribution >= 4 is 11.9 Å². The van der Waals surface area contributed by atoms with Gasteiger partial charge < -0.3 is 11.1 Å². The molecular formula is C9H17N3O2. The van der Waals surface area contributed by atoms with E-state index < -0.39 is 0 Å². The van der Waals surface area contributed by atoms with Crippen molar-refractivity contribution in [3.63, 3.8) is 0 Å². The number of carbonyl (C=O) groups excluding carboxylic acids is 2. The lowest BCUT2D eigenvalue weighted by molar-refractivity contribution is -0.126. The summed E-state index contributed by atoms with van der Waals surface area (Å²) in [4.78, 5) is 23.9. The van der Waals surface area contributed by atoms with Crippen LogP contribution in [0.2, 0.25) is 0 Å². The van der Waals surface area contributed by atoms with Crippen LogP contribution < -0.4 is 11.1 Å². The summed E-state index contributed by atoms with van der Waals surface area (Å²) in [7, 11) is 0. The second-order valence-electron chi connectivity index (χ2n) is 3.94. The van der Waals surface area contributed by atoms with E-state index in [2.05, 4.69) is 5.32 Å². The van der Waals surface area contributed by atoms with Crippen molar-refractivity contribution in [2.45, 2.75) is 26.3 Å². The van der Waals surface area contributed by atoms with Gasteiger partial charge in [-0.1, -0.05) is 13.8 Å². The van der Waals surface area contributed by atoms with Gasteiger partial charge in [0.2, 0.25) is 5.91 Å². The van der Waals surface area contributed by atoms with E-state index in [-0.39, 0.29) is 24.5 Å². The fraction of sp³-hybridized carbons (Fsp3) is 0.778. The Morgan fingerprint density at radius 2 is 2.14 bits per heavy atom. The van der Waals surface area contributed by atoms with Crippen molar-refractivity contribution in [1.29, 1.82) is 0 Å². The average molecular weight is 199 g/mol. The van der Waals surface area contributed by atoms with Crippen molar-refractivity contribution in [2.75, 3.05) is 13.1 Å². The predicted molar refractivity (Wildman–Crippen MR) is 52.5 cm³/mol. The topological polar surface area (TPSA) is 75.4 Å². The van der Waals surface area contributed by atoms with Crippen LogP contribution in [0.1, 0.15) is 20.3 Å². The molecule has 1 fully saturated rings. The van der Waals surface area contributed by atoms with Gasteiger partial charge in [0, 0.05) is 6.54 Å². The van der Waals surface area contributed by atoms with E-state index in [0.29, 0.717) is 12.5 Å². The van der Waals surface area contributed by atoms with E-state index >= 15 is 0 Å². The van der Waals surface area contributed by atoms with Crippen molar-refractivity contribution in [3.8, 4) is 0 Å². The van der Waals surface area contributed by atoms with Crippen molar-refractivity contribution in [1.82, 2.24) is 10.2 Å². The van der Waals surface area contributed by atoms with Gasteiger partial charge in [-0.25, -0.2) is 4.79 Å². The minimum atomic E-state index is -0.314. The van der Waals surface area contributed by atoms with E-state index in [1.54, 1.807) is 0 Å². The Labute approximate surface area is 83.6 Å². The maximum absolute atomic E-state index is 11.4. The molecule has 0 bridgehead atoms. The Hall–Kier alpha value is -1.10. The Balaban J connectivity index is 2.67. The molecular weight excluding hydrogens is 182 g/mol. The number of rotatable bonds is 4. The minimum absolute atomic E-state index is 0.105. The first-order valence-corrected chi connectivity index (χ1v) is 4.86. The van der Waals surface area contributed by atoms with Crippen LogP contribution in [0.5, 0.6) is 0 Å². The number of urea groups is 1. The number of nitrogens with two attached hydrogens (primary N) is 1. The third kappa shape index (κ3) is 2.23. The maximum atomic E-state index is 11.4. The molecule has 0 saturated carbocycles. The first-order chi connectivity index (χ1) is 6.56. The van der Waals surface area contributed by atoms with Crippen molar-refractivity contribution in [2.24, 2.45) is 11.7 Å². The summed E-state index contributed by atoms with van der Waals surface area (Å²) in [5, 5.41) is 2.49. The molecule has 1 saturated heterocycles. The van der Waals surface area contributed by atoms with Gasteiger partial charge >= 0.3 is 6.03 Å². The third-order valence-electron chi connectivity index (χ3n) is 2.26. The molecule has 1 unspecified atom stereocenters. The van der Waals surface area contributed by atoms with Gasteiger partial charge in [-0.3, -0.25) is 9.69 Å². The molecule has 1 atom stereocenters. The van der Waals surface area contributed by atoms with E-state index in [9.17, 15) is 9.59 Å². The standard InChI is InChI=1S/C9H17N3O2/c1-6(2)3-7(4-10)12-8(13)5-11-9(12)14/h6-7H,3-5,10H2,1-2H3,(H,11,14). The Morgan fingerprint density at radius 1 is 1.50 bits per heavy atom. The van der Waals surface area contributed by atoms with E-state index in [0.717, 1.165) is 6.42 Å². The lowest BCUT2D eigenvalue weighted by Crippen LogP contribution is -2.45. The summed E-state index contributed by atoms with van der Waals surface area (Å²) in [5.41, 5.74) is 5.55. The highest BCUT2D eigenvalue weighted by atomic mass is 16.2. The molecule has 1 aliphatic heterocycles. The molecule has 3 N–H and O–H groups in total. The lowest BCUT2D eigenvalue weighted by Gasteiger charge is -2.25. The molecule has 14 heavy (non-hydrogen) atoms. The number of imide groups is 1. The zero-order chi connectivity index (χ0) is 10.7. The SMILES string of the molecule is CC(C)CC(CN)N1C(=O)CNC1=O. The van der Waals surface area contributed by atoms with E-state index in [1.165, 1.54) is 4.90 Å². The quantitative estimate of drug-likeness (QED) is 0.621. The van der Waals surface area contributed by atoms with Crippen LogP contribution >= 0.6 is 0 Å². The summed E-state index contributed by atoms with van der Waals surface area (Å²) < 4.78 is 0. The molecule has 0 aromatic carbocycles. The van der Waals surface area contributed by atoms with Crippen LogP contribution in [0.3, 0.4) is 0 Å². The molecule has 1 heterocycles. The summed E-state index contributed by atoms with van der Waals surface area (Å²) in [6, 6.07) is -0.476. The Bertz CT molecular complexity index is 224. The second kappa shape index (κ2) is 4.41. The number of hydrogen-bond donors (Lipinski definition) is 2. The van der Waals surface area contributed by atoms with Crippen molar-refractivity contribution < 1.29 is 9.59 Å². The number of carbonyl (C=O) groups is 2. The summed E-state index contributed by atoms with van der Waals surface area (Å²) in [5.74, 6) is 0.246. The molecule has 0 aromatic rings. The number of nitrogens with one attached hydrogen (secondary N) is 1. The molecule has 5 nitrogen and oxygen atoms in total. The monoisotopic (exact) mass is 199 g/mol. The molecule has 0 aromatic heterocycles. The number of amides is 3. The molecule has 0 aliphatic carbocycles. The molecule has 1 rings (SSSR count). The molecule has 80 valence electrons. The number of nitrogens with zero attached hydrogens (tertiary/aromatic N) is 1. The Morgan fingerprint density at radius 3 is 2.50 bits per heavy atom. The first-order valence-electron chi connectivity index (χ1n) is 4.86. The predicted octanol–water partition coefficient (Wildman–Crippen LogP) is -0.0884. The number of hydrogen-bond acceptors (Lipinski definition) is 3. The van der Waals surface area contributed by atoms with Gasteiger partial charge in [-0.2, -0.15) is 0 Å². The van der Waals surface area contributed by atoms with Gasteiger partial charge in [0.05, 0.1) is 12.6 Å². The first kappa shape index (κ1) is 11.0. The average Bonchev–Trinajstić information content (AvgIpc) is 2.43. The largest absolute Gasteiger partial charge is 0.329 e. The van der Waals surface area contributed by atoms with Crippen LogP contribution in [-0.2, 0) is 4.79 Å². The fourth-order valence-electron chi connectivity index (χ4n) is 1.66. The summed E-state index contributed by atoms with van der Waals surface area (Å²) >= 11 is 0. The smallest absolute Gasteiger partial charge is 0.324 e. The Kier molecular flexibility index (Phi) is 3.46. The minimum Gasteiger partial charge on any atom is -0.329 e.